The van der Waals surface area contributed by atoms with Gasteiger partial charge in [0.15, 0.2) is 0 Å². The van der Waals surface area contributed by atoms with Crippen molar-refractivity contribution in [2.75, 3.05) is 11.9 Å². The number of nitrogens with one attached hydrogen (secondary N) is 1. The van der Waals surface area contributed by atoms with E-state index in [-0.39, 0.29) is 11.8 Å². The smallest absolute Gasteiger partial charge is 0.287 e. The predicted octanol–water partition coefficient (Wildman–Crippen LogP) is 1.48. The number of anilines is 1. The number of hydrogen-bond acceptors (Lipinski definition) is 5. The first kappa shape index (κ1) is 11.8. The van der Waals surface area contributed by atoms with Crippen LogP contribution >= 0.6 is 0 Å². The first-order valence-corrected chi connectivity index (χ1v) is 5.61. The first-order chi connectivity index (χ1) is 8.08. The highest BCUT2D eigenvalue weighted by atomic mass is 16.6. The normalized spacial score (nSPS) is 16.6. The minimum Gasteiger partial charge on any atom is -0.391 e. The summed E-state index contributed by atoms with van der Waals surface area (Å²) < 4.78 is 0. The summed E-state index contributed by atoms with van der Waals surface area (Å²) in [4.78, 5) is 14.1. The van der Waals surface area contributed by atoms with Gasteiger partial charge >= 0.3 is 0 Å². The Morgan fingerprint density at radius 1 is 1.71 bits per heavy atom. The van der Waals surface area contributed by atoms with Crippen molar-refractivity contribution in [2.24, 2.45) is 5.92 Å². The van der Waals surface area contributed by atoms with Gasteiger partial charge in [-0.1, -0.05) is 0 Å². The fourth-order valence-electron chi connectivity index (χ4n) is 1.69. The third kappa shape index (κ3) is 2.91. The summed E-state index contributed by atoms with van der Waals surface area (Å²) in [6, 6.07) is 1.47. The van der Waals surface area contributed by atoms with E-state index in [9.17, 15) is 15.2 Å². The van der Waals surface area contributed by atoms with Crippen molar-refractivity contribution in [1.29, 1.82) is 0 Å². The first-order valence-electron chi connectivity index (χ1n) is 5.61. The number of nitro groups is 1. The third-order valence-corrected chi connectivity index (χ3v) is 2.92. The summed E-state index contributed by atoms with van der Waals surface area (Å²) in [6.07, 6.45) is 3.02. The molecule has 0 bridgehead atoms. The van der Waals surface area contributed by atoms with Crippen LogP contribution in [0.3, 0.4) is 0 Å². The minimum atomic E-state index is -0.469. The molecule has 92 valence electrons. The van der Waals surface area contributed by atoms with Crippen LogP contribution in [0.15, 0.2) is 12.3 Å². The maximum absolute atomic E-state index is 10.5. The standard InChI is InChI=1S/C11H15N3O3/c1-7-4-9(14(16)17)5-12-11(7)13-6-10(15)8-2-3-8/h4-5,8,10,15H,2-3,6H2,1H3,(H,12,13). The highest BCUT2D eigenvalue weighted by Crippen LogP contribution is 2.32. The monoisotopic (exact) mass is 237 g/mol. The highest BCUT2D eigenvalue weighted by Gasteiger charge is 2.29. The van der Waals surface area contributed by atoms with Gasteiger partial charge in [-0.05, 0) is 31.2 Å². The van der Waals surface area contributed by atoms with Crippen LogP contribution in [0.4, 0.5) is 11.5 Å². The number of pyridine rings is 1. The van der Waals surface area contributed by atoms with Crippen molar-refractivity contribution in [2.45, 2.75) is 25.9 Å². The summed E-state index contributed by atoms with van der Waals surface area (Å²) in [5.74, 6) is 0.996. The average Bonchev–Trinajstić information content (AvgIpc) is 3.10. The van der Waals surface area contributed by atoms with Crippen LogP contribution in [0.25, 0.3) is 0 Å². The van der Waals surface area contributed by atoms with Crippen LogP contribution in [0.2, 0.25) is 0 Å². The van der Waals surface area contributed by atoms with Crippen molar-refractivity contribution in [3.05, 3.63) is 27.9 Å². The Hall–Kier alpha value is -1.69. The molecule has 1 unspecified atom stereocenters. The lowest BCUT2D eigenvalue weighted by Gasteiger charge is -2.12. The summed E-state index contributed by atoms with van der Waals surface area (Å²) >= 11 is 0. The van der Waals surface area contributed by atoms with E-state index in [1.165, 1.54) is 12.3 Å². The molecular formula is C11H15N3O3. The molecule has 2 N–H and O–H groups in total. The van der Waals surface area contributed by atoms with Crippen molar-refractivity contribution in [3.63, 3.8) is 0 Å². The van der Waals surface area contributed by atoms with Crippen molar-refractivity contribution in [3.8, 4) is 0 Å². The summed E-state index contributed by atoms with van der Waals surface area (Å²) in [5, 5.41) is 23.2. The molecule has 1 heterocycles. The van der Waals surface area contributed by atoms with Gasteiger partial charge in [0.1, 0.15) is 12.0 Å². The van der Waals surface area contributed by atoms with Gasteiger partial charge in [-0.25, -0.2) is 4.98 Å². The molecule has 0 radical (unpaired) electrons. The molecule has 1 aliphatic rings. The molecule has 6 nitrogen and oxygen atoms in total. The van der Waals surface area contributed by atoms with Gasteiger partial charge in [0.25, 0.3) is 5.69 Å². The molecule has 1 saturated carbocycles. The van der Waals surface area contributed by atoms with Crippen LogP contribution in [0.5, 0.6) is 0 Å². The molecule has 0 aromatic carbocycles. The van der Waals surface area contributed by atoms with Crippen LogP contribution in [-0.2, 0) is 0 Å². The van der Waals surface area contributed by atoms with E-state index in [1.807, 2.05) is 0 Å². The van der Waals surface area contributed by atoms with Crippen LogP contribution < -0.4 is 5.32 Å². The van der Waals surface area contributed by atoms with Gasteiger partial charge in [-0.15, -0.1) is 0 Å². The number of rotatable bonds is 5. The van der Waals surface area contributed by atoms with E-state index < -0.39 is 4.92 Å². The summed E-state index contributed by atoms with van der Waals surface area (Å²) in [7, 11) is 0. The number of aliphatic hydroxyl groups is 1. The van der Waals surface area contributed by atoms with Gasteiger partial charge in [-0.2, -0.15) is 0 Å². The van der Waals surface area contributed by atoms with E-state index in [0.29, 0.717) is 23.8 Å². The number of hydrogen-bond donors (Lipinski definition) is 2. The van der Waals surface area contributed by atoms with Gasteiger partial charge in [0.05, 0.1) is 11.0 Å². The maximum Gasteiger partial charge on any atom is 0.287 e. The van der Waals surface area contributed by atoms with Gasteiger partial charge < -0.3 is 10.4 Å². The molecule has 1 aliphatic carbocycles. The quantitative estimate of drug-likeness (QED) is 0.598. The molecule has 0 aliphatic heterocycles. The van der Waals surface area contributed by atoms with Gasteiger partial charge in [0, 0.05) is 12.6 Å². The highest BCUT2D eigenvalue weighted by molar-refractivity contribution is 5.48. The average molecular weight is 237 g/mol. The van der Waals surface area contributed by atoms with Crippen molar-refractivity contribution < 1.29 is 10.0 Å². The summed E-state index contributed by atoms with van der Waals surface area (Å²) in [6.45, 7) is 2.20. The maximum atomic E-state index is 10.5. The van der Waals surface area contributed by atoms with E-state index in [1.54, 1.807) is 6.92 Å². The second-order valence-corrected chi connectivity index (χ2v) is 4.40. The lowest BCUT2D eigenvalue weighted by atomic mass is 10.2. The fraction of sp³-hybridized carbons (Fsp3) is 0.545. The Labute approximate surface area is 98.8 Å². The second-order valence-electron chi connectivity index (χ2n) is 4.40. The lowest BCUT2D eigenvalue weighted by molar-refractivity contribution is -0.385. The zero-order valence-electron chi connectivity index (χ0n) is 9.59. The van der Waals surface area contributed by atoms with Crippen LogP contribution in [-0.4, -0.2) is 27.7 Å². The molecular weight excluding hydrogens is 222 g/mol. The molecule has 6 heteroatoms. The molecule has 0 saturated heterocycles. The Morgan fingerprint density at radius 3 is 2.94 bits per heavy atom. The number of aromatic nitrogens is 1. The zero-order valence-corrected chi connectivity index (χ0v) is 9.59. The molecule has 1 aromatic heterocycles. The third-order valence-electron chi connectivity index (χ3n) is 2.92. The van der Waals surface area contributed by atoms with E-state index in [0.717, 1.165) is 12.8 Å². The SMILES string of the molecule is Cc1cc([N+](=O)[O-])cnc1NCC(O)C1CC1. The topological polar surface area (TPSA) is 88.3 Å². The summed E-state index contributed by atoms with van der Waals surface area (Å²) in [5.41, 5.74) is 0.693. The van der Waals surface area contributed by atoms with E-state index in [2.05, 4.69) is 10.3 Å². The fourth-order valence-corrected chi connectivity index (χ4v) is 1.69. The van der Waals surface area contributed by atoms with Crippen molar-refractivity contribution >= 4 is 11.5 Å². The number of aryl methyl sites for hydroxylation is 1. The largest absolute Gasteiger partial charge is 0.391 e. The number of nitrogens with zero attached hydrogens (tertiary/aromatic N) is 2. The van der Waals surface area contributed by atoms with Crippen molar-refractivity contribution in [1.82, 2.24) is 4.98 Å². The van der Waals surface area contributed by atoms with E-state index >= 15 is 0 Å². The van der Waals surface area contributed by atoms with Crippen LogP contribution in [0, 0.1) is 23.0 Å². The zero-order chi connectivity index (χ0) is 12.4. The molecule has 0 spiro atoms. The molecule has 2 rings (SSSR count). The van der Waals surface area contributed by atoms with E-state index in [4.69, 9.17) is 0 Å². The van der Waals surface area contributed by atoms with Gasteiger partial charge in [-0.3, -0.25) is 10.1 Å². The van der Waals surface area contributed by atoms with Crippen LogP contribution in [0.1, 0.15) is 18.4 Å². The molecule has 1 atom stereocenters. The lowest BCUT2D eigenvalue weighted by Crippen LogP contribution is -2.22. The van der Waals surface area contributed by atoms with Gasteiger partial charge in [0.2, 0.25) is 0 Å². The minimum absolute atomic E-state index is 0.0178. The predicted molar refractivity (Wildman–Crippen MR) is 62.8 cm³/mol. The second kappa shape index (κ2) is 4.67. The molecule has 0 amide bonds. The Morgan fingerprint density at radius 2 is 2.41 bits per heavy atom. The Bertz CT molecular complexity index is 432. The molecule has 1 aromatic rings. The number of aliphatic hydroxyl groups excluding tert-OH is 1. The Balaban J connectivity index is 1.98. The molecule has 1 fully saturated rings. The molecule has 17 heavy (non-hydrogen) atoms. The Kier molecular flexibility index (Phi) is 3.23.